The zero-order chi connectivity index (χ0) is 27.3. The molecule has 0 bridgehead atoms. The number of ketones is 1. The fourth-order valence-corrected chi connectivity index (χ4v) is 6.66. The number of hydroxylamine groups is 2. The van der Waals surface area contributed by atoms with Crippen molar-refractivity contribution in [3.05, 3.63) is 0 Å². The van der Waals surface area contributed by atoms with Gasteiger partial charge in [-0.1, -0.05) is 27.7 Å². The highest BCUT2D eigenvalue weighted by Gasteiger charge is 2.44. The van der Waals surface area contributed by atoms with Crippen LogP contribution in [0.25, 0.3) is 0 Å². The summed E-state index contributed by atoms with van der Waals surface area (Å²) in [5.41, 5.74) is -0.501. The molecule has 2 rings (SSSR count). The summed E-state index contributed by atoms with van der Waals surface area (Å²) in [5, 5.41) is 0.435. The second-order valence-electron chi connectivity index (χ2n) is 11.3. The molecule has 9 nitrogen and oxygen atoms in total. The van der Waals surface area contributed by atoms with Crippen molar-refractivity contribution in [3.8, 4) is 0 Å². The molecule has 0 radical (unpaired) electrons. The van der Waals surface area contributed by atoms with Crippen LogP contribution in [0.1, 0.15) is 86.0 Å². The quantitative estimate of drug-likeness (QED) is 0.229. The van der Waals surface area contributed by atoms with E-state index in [1.165, 1.54) is 23.7 Å². The summed E-state index contributed by atoms with van der Waals surface area (Å²) < 4.78 is -0.341. The number of aldehydes is 1. The number of amides is 3. The van der Waals surface area contributed by atoms with Gasteiger partial charge in [-0.2, -0.15) is 5.06 Å². The number of Topliss-reactive ketones (excluding diaryl/α,β-unsaturated/α-hetero) is 1. The highest BCUT2D eigenvalue weighted by molar-refractivity contribution is 8.02. The summed E-state index contributed by atoms with van der Waals surface area (Å²) in [6, 6.07) is 0. The third-order valence-corrected chi connectivity index (χ3v) is 8.59. The van der Waals surface area contributed by atoms with Gasteiger partial charge in [-0.05, 0) is 44.9 Å². The average Bonchev–Trinajstić information content (AvgIpc) is 3.03. The third kappa shape index (κ3) is 8.15. The van der Waals surface area contributed by atoms with E-state index in [1.54, 1.807) is 6.92 Å². The molecule has 2 fully saturated rings. The van der Waals surface area contributed by atoms with E-state index in [-0.39, 0.29) is 53.4 Å². The number of thioether (sulfide) groups is 1. The zero-order valence-corrected chi connectivity index (χ0v) is 23.2. The van der Waals surface area contributed by atoms with E-state index < -0.39 is 22.5 Å². The Morgan fingerprint density at radius 3 is 2.28 bits per heavy atom. The number of rotatable bonds is 11. The number of likely N-dealkylation sites (tertiary alicyclic amines) is 1. The van der Waals surface area contributed by atoms with Crippen molar-refractivity contribution >= 4 is 47.5 Å². The van der Waals surface area contributed by atoms with Crippen LogP contribution >= 0.6 is 11.8 Å². The van der Waals surface area contributed by atoms with Crippen LogP contribution in [0.5, 0.6) is 0 Å². The summed E-state index contributed by atoms with van der Waals surface area (Å²) in [7, 11) is 1.36. The lowest BCUT2D eigenvalue weighted by Gasteiger charge is -2.34. The highest BCUT2D eigenvalue weighted by atomic mass is 32.2. The average molecular weight is 525 g/mol. The third-order valence-electron chi connectivity index (χ3n) is 7.16. The number of nitrogens with zero attached hydrogens (tertiary/aromatic N) is 2. The minimum absolute atomic E-state index is 0.0110. The minimum Gasteiger partial charge on any atom is -0.338 e. The second kappa shape index (κ2) is 12.3. The first-order chi connectivity index (χ1) is 16.7. The zero-order valence-electron chi connectivity index (χ0n) is 22.3. The van der Waals surface area contributed by atoms with Gasteiger partial charge in [-0.15, -0.1) is 11.8 Å². The van der Waals surface area contributed by atoms with E-state index >= 15 is 0 Å². The molecule has 0 aromatic rings. The molecule has 0 N–H and O–H groups in total. The van der Waals surface area contributed by atoms with E-state index in [1.807, 2.05) is 27.7 Å². The normalized spacial score (nSPS) is 22.9. The van der Waals surface area contributed by atoms with Crippen molar-refractivity contribution in [1.82, 2.24) is 9.96 Å². The van der Waals surface area contributed by atoms with Gasteiger partial charge >= 0.3 is 5.97 Å². The Hall–Kier alpha value is -2.23. The molecule has 36 heavy (non-hydrogen) atoms. The van der Waals surface area contributed by atoms with E-state index in [9.17, 15) is 28.8 Å². The molecule has 0 aromatic carbocycles. The molecule has 1 aliphatic heterocycles. The van der Waals surface area contributed by atoms with Gasteiger partial charge in [-0.3, -0.25) is 24.1 Å². The van der Waals surface area contributed by atoms with E-state index in [0.717, 1.165) is 5.06 Å². The van der Waals surface area contributed by atoms with E-state index in [4.69, 9.17) is 4.84 Å². The summed E-state index contributed by atoms with van der Waals surface area (Å²) >= 11 is 1.47. The molecule has 1 atom stereocenters. The Labute approximate surface area is 218 Å². The summed E-state index contributed by atoms with van der Waals surface area (Å²) in [6.45, 7) is 9.75. The molecule has 202 valence electrons. The van der Waals surface area contributed by atoms with Crippen LogP contribution < -0.4 is 0 Å². The van der Waals surface area contributed by atoms with Crippen molar-refractivity contribution in [1.29, 1.82) is 0 Å². The van der Waals surface area contributed by atoms with Crippen LogP contribution in [0.15, 0.2) is 0 Å². The molecule has 0 aromatic heterocycles. The molecule has 1 saturated heterocycles. The maximum absolute atomic E-state index is 13.1. The predicted molar refractivity (Wildman–Crippen MR) is 135 cm³/mol. The lowest BCUT2D eigenvalue weighted by molar-refractivity contribution is -0.197. The molecular weight excluding hydrogens is 484 g/mol. The second-order valence-corrected chi connectivity index (χ2v) is 13.2. The molecule has 10 heteroatoms. The molecule has 3 amide bonds. The molecule has 1 aliphatic carbocycles. The van der Waals surface area contributed by atoms with Gasteiger partial charge in [0.25, 0.3) is 5.91 Å². The van der Waals surface area contributed by atoms with Gasteiger partial charge in [0, 0.05) is 43.0 Å². The fourth-order valence-electron chi connectivity index (χ4n) is 4.99. The molecule has 1 saturated carbocycles. The first-order valence-electron chi connectivity index (χ1n) is 12.6. The molecular formula is C26H40N2O7S. The largest absolute Gasteiger partial charge is 0.338 e. The lowest BCUT2D eigenvalue weighted by atomic mass is 9.80. The van der Waals surface area contributed by atoms with Gasteiger partial charge in [0.1, 0.15) is 12.1 Å². The number of hydrogen-bond donors (Lipinski definition) is 0. The summed E-state index contributed by atoms with van der Waals surface area (Å²) in [5.74, 6) is -1.38. The first kappa shape index (κ1) is 30.0. The number of imide groups is 1. The Kier molecular flexibility index (Phi) is 10.3. The number of hydrogen-bond acceptors (Lipinski definition) is 8. The van der Waals surface area contributed by atoms with Crippen LogP contribution in [-0.2, 0) is 33.6 Å². The van der Waals surface area contributed by atoms with Gasteiger partial charge in [0.15, 0.2) is 0 Å². The van der Waals surface area contributed by atoms with Crippen LogP contribution in [0, 0.1) is 17.3 Å². The summed E-state index contributed by atoms with van der Waals surface area (Å²) in [6.07, 6.45) is 3.95. The SMILES string of the molecule is CC(=O)C(C)(C)CC(C)(C)SC1CC(=O)N(CC2CCC(C(=O)ON(C)C(=O)CCC=O)CC2)C1=O. The molecule has 1 heterocycles. The topological polar surface area (TPSA) is 118 Å². The van der Waals surface area contributed by atoms with Crippen molar-refractivity contribution in [2.45, 2.75) is 96.0 Å². The maximum atomic E-state index is 13.1. The van der Waals surface area contributed by atoms with Gasteiger partial charge in [-0.25, -0.2) is 4.79 Å². The maximum Gasteiger partial charge on any atom is 0.335 e. The Balaban J connectivity index is 1.85. The smallest absolute Gasteiger partial charge is 0.335 e. The Morgan fingerprint density at radius 2 is 1.72 bits per heavy atom. The molecule has 0 spiro atoms. The van der Waals surface area contributed by atoms with Crippen molar-refractivity contribution in [2.75, 3.05) is 13.6 Å². The highest BCUT2D eigenvalue weighted by Crippen LogP contribution is 2.43. The number of carbonyl (C=O) groups is 6. The Bertz CT molecular complexity index is 878. The van der Waals surface area contributed by atoms with Gasteiger partial charge in [0.2, 0.25) is 11.8 Å². The van der Waals surface area contributed by atoms with Gasteiger partial charge in [0.05, 0.1) is 11.2 Å². The van der Waals surface area contributed by atoms with Crippen LogP contribution in [0.2, 0.25) is 0 Å². The summed E-state index contributed by atoms with van der Waals surface area (Å²) in [4.78, 5) is 78.9. The standard InChI is InChI=1S/C26H40N2O7S/c1-17(30)25(2,3)16-26(4,5)36-20-14-22(32)28(23(20)33)15-18-9-11-19(12-10-18)24(34)35-27(6)21(31)8-7-13-29/h13,18-20H,7-12,14-16H2,1-6H3. The lowest BCUT2D eigenvalue weighted by Crippen LogP contribution is -2.39. The van der Waals surface area contributed by atoms with E-state index in [0.29, 0.717) is 44.9 Å². The Morgan fingerprint density at radius 1 is 1.11 bits per heavy atom. The fraction of sp³-hybridized carbons (Fsp3) is 0.769. The van der Waals surface area contributed by atoms with Crippen LogP contribution in [-0.4, -0.2) is 69.3 Å². The van der Waals surface area contributed by atoms with E-state index in [2.05, 4.69) is 0 Å². The molecule has 1 unspecified atom stereocenters. The molecule has 2 aliphatic rings. The van der Waals surface area contributed by atoms with Crippen LogP contribution in [0.3, 0.4) is 0 Å². The van der Waals surface area contributed by atoms with Crippen molar-refractivity contribution in [3.63, 3.8) is 0 Å². The monoisotopic (exact) mass is 524 g/mol. The number of carbonyl (C=O) groups excluding carboxylic acids is 6. The van der Waals surface area contributed by atoms with Crippen molar-refractivity contribution in [2.24, 2.45) is 17.3 Å². The van der Waals surface area contributed by atoms with Crippen molar-refractivity contribution < 1.29 is 33.6 Å². The van der Waals surface area contributed by atoms with Crippen LogP contribution in [0.4, 0.5) is 0 Å². The van der Waals surface area contributed by atoms with Gasteiger partial charge < -0.3 is 9.63 Å². The first-order valence-corrected chi connectivity index (χ1v) is 13.5. The predicted octanol–water partition coefficient (Wildman–Crippen LogP) is 3.33. The minimum atomic E-state index is -0.501.